The molecule has 3 heterocycles. The number of hydrogen-bond donors (Lipinski definition) is 1. The van der Waals surface area contributed by atoms with E-state index in [1.165, 1.54) is 20.0 Å². The van der Waals surface area contributed by atoms with Gasteiger partial charge in [-0.1, -0.05) is 0 Å². The lowest BCUT2D eigenvalue weighted by Crippen LogP contribution is -2.37. The highest BCUT2D eigenvalue weighted by atomic mass is 16.5. The highest BCUT2D eigenvalue weighted by Crippen LogP contribution is 2.33. The summed E-state index contributed by atoms with van der Waals surface area (Å²) in [5.41, 5.74) is 2.80. The maximum Gasteiger partial charge on any atom is 0.272 e. The molecule has 2 aromatic heterocycles. The number of carbonyl (C=O) groups is 2. The van der Waals surface area contributed by atoms with Crippen molar-refractivity contribution in [1.29, 1.82) is 0 Å². The van der Waals surface area contributed by atoms with Gasteiger partial charge in [0.05, 0.1) is 13.7 Å². The summed E-state index contributed by atoms with van der Waals surface area (Å²) in [7, 11) is 1.50. The summed E-state index contributed by atoms with van der Waals surface area (Å²) in [5, 5.41) is 7.46. The van der Waals surface area contributed by atoms with Crippen LogP contribution in [0.1, 0.15) is 51.9 Å². The largest absolute Gasteiger partial charge is 0.480 e. The van der Waals surface area contributed by atoms with Crippen LogP contribution in [0.3, 0.4) is 0 Å². The highest BCUT2D eigenvalue weighted by molar-refractivity contribution is 5.97. The van der Waals surface area contributed by atoms with Gasteiger partial charge >= 0.3 is 0 Å². The Balaban J connectivity index is 1.63. The van der Waals surface area contributed by atoms with Gasteiger partial charge in [0.1, 0.15) is 5.56 Å². The van der Waals surface area contributed by atoms with Gasteiger partial charge in [0.2, 0.25) is 5.88 Å². The Labute approximate surface area is 163 Å². The van der Waals surface area contributed by atoms with Gasteiger partial charge in [-0.3, -0.25) is 14.3 Å². The quantitative estimate of drug-likeness (QED) is 0.819. The molecule has 1 N–H and O–H groups in total. The Morgan fingerprint density at radius 2 is 2.18 bits per heavy atom. The third kappa shape index (κ3) is 3.46. The number of amides is 2. The first-order valence-corrected chi connectivity index (χ1v) is 9.77. The number of hydrogen-bond acceptors (Lipinski definition) is 5. The van der Waals surface area contributed by atoms with Crippen molar-refractivity contribution in [2.75, 3.05) is 20.2 Å². The summed E-state index contributed by atoms with van der Waals surface area (Å²) < 4.78 is 7.23. The van der Waals surface area contributed by atoms with Gasteiger partial charge in [-0.15, -0.1) is 0 Å². The number of pyridine rings is 1. The average Bonchev–Trinajstić information content (AvgIpc) is 3.47. The maximum atomic E-state index is 13.1. The Morgan fingerprint density at radius 3 is 2.89 bits per heavy atom. The topological polar surface area (TPSA) is 89.4 Å². The SMILES string of the molecule is CCNC(=O)c1nn(CC2CC2)c2c1CN(C(=O)c1cccnc1OC)CC2. The molecule has 2 amide bonds. The van der Waals surface area contributed by atoms with Crippen LogP contribution in [0.5, 0.6) is 5.88 Å². The van der Waals surface area contributed by atoms with E-state index in [-0.39, 0.29) is 11.8 Å². The highest BCUT2D eigenvalue weighted by Gasteiger charge is 2.33. The minimum absolute atomic E-state index is 0.146. The summed E-state index contributed by atoms with van der Waals surface area (Å²) in [6.07, 6.45) is 4.72. The van der Waals surface area contributed by atoms with Gasteiger partial charge in [0.25, 0.3) is 11.8 Å². The van der Waals surface area contributed by atoms with Gasteiger partial charge < -0.3 is 15.0 Å². The van der Waals surface area contributed by atoms with Crippen LogP contribution in [0.25, 0.3) is 0 Å². The number of methoxy groups -OCH3 is 1. The first-order valence-electron chi connectivity index (χ1n) is 9.77. The van der Waals surface area contributed by atoms with Gasteiger partial charge in [0.15, 0.2) is 5.69 Å². The number of nitrogens with one attached hydrogen (secondary N) is 1. The third-order valence-corrected chi connectivity index (χ3v) is 5.30. The van der Waals surface area contributed by atoms with E-state index in [1.807, 2.05) is 11.6 Å². The summed E-state index contributed by atoms with van der Waals surface area (Å²) >= 11 is 0. The lowest BCUT2D eigenvalue weighted by molar-refractivity contribution is 0.0726. The van der Waals surface area contributed by atoms with E-state index < -0.39 is 0 Å². The van der Waals surface area contributed by atoms with Crippen molar-refractivity contribution in [1.82, 2.24) is 25.0 Å². The summed E-state index contributed by atoms with van der Waals surface area (Å²) in [6.45, 7) is 4.22. The van der Waals surface area contributed by atoms with Crippen LogP contribution in [0.2, 0.25) is 0 Å². The molecule has 0 atom stereocenters. The fourth-order valence-electron chi connectivity index (χ4n) is 3.67. The molecule has 8 heteroatoms. The maximum absolute atomic E-state index is 13.1. The normalized spacial score (nSPS) is 15.9. The Kier molecular flexibility index (Phi) is 5.02. The van der Waals surface area contributed by atoms with Gasteiger partial charge in [-0.25, -0.2) is 4.98 Å². The molecule has 1 fully saturated rings. The smallest absolute Gasteiger partial charge is 0.272 e. The van der Waals surface area contributed by atoms with Crippen molar-refractivity contribution in [2.45, 2.75) is 39.3 Å². The van der Waals surface area contributed by atoms with Crippen LogP contribution in [0.15, 0.2) is 18.3 Å². The van der Waals surface area contributed by atoms with E-state index >= 15 is 0 Å². The predicted molar refractivity (Wildman–Crippen MR) is 102 cm³/mol. The number of fused-ring (bicyclic) bond motifs is 1. The van der Waals surface area contributed by atoms with Gasteiger partial charge in [-0.05, 0) is 37.8 Å². The van der Waals surface area contributed by atoms with Crippen molar-refractivity contribution in [2.24, 2.45) is 5.92 Å². The van der Waals surface area contributed by atoms with Crippen molar-refractivity contribution < 1.29 is 14.3 Å². The molecule has 2 aliphatic rings. The standard InChI is InChI=1S/C20H25N5O3/c1-3-21-18(26)17-15-12-24(20(27)14-5-4-9-22-19(14)28-2)10-8-16(15)25(23-17)11-13-6-7-13/h4-5,9,13H,3,6-8,10-12H2,1-2H3,(H,21,26). The average molecular weight is 383 g/mol. The zero-order valence-corrected chi connectivity index (χ0v) is 16.3. The van der Waals surface area contributed by atoms with E-state index in [0.29, 0.717) is 49.1 Å². The fourth-order valence-corrected chi connectivity index (χ4v) is 3.67. The molecular formula is C20H25N5O3. The third-order valence-electron chi connectivity index (χ3n) is 5.30. The molecule has 0 radical (unpaired) electrons. The Hall–Kier alpha value is -2.90. The summed E-state index contributed by atoms with van der Waals surface area (Å²) in [5.74, 6) is 0.644. The van der Waals surface area contributed by atoms with E-state index in [1.54, 1.807) is 23.2 Å². The molecule has 1 aliphatic heterocycles. The van der Waals surface area contributed by atoms with Crippen LogP contribution in [0.4, 0.5) is 0 Å². The molecule has 0 aromatic carbocycles. The van der Waals surface area contributed by atoms with Crippen molar-refractivity contribution in [3.05, 3.63) is 40.8 Å². The molecule has 0 spiro atoms. The Morgan fingerprint density at radius 1 is 1.36 bits per heavy atom. The number of carbonyl (C=O) groups excluding carboxylic acids is 2. The van der Waals surface area contributed by atoms with Crippen molar-refractivity contribution >= 4 is 11.8 Å². The minimum atomic E-state index is -0.179. The monoisotopic (exact) mass is 383 g/mol. The number of nitrogens with zero attached hydrogens (tertiary/aromatic N) is 4. The zero-order chi connectivity index (χ0) is 19.7. The van der Waals surface area contributed by atoms with Crippen molar-refractivity contribution in [3.63, 3.8) is 0 Å². The Bertz CT molecular complexity index is 903. The molecule has 4 rings (SSSR count). The van der Waals surface area contributed by atoms with Crippen LogP contribution >= 0.6 is 0 Å². The number of ether oxygens (including phenoxy) is 1. The van der Waals surface area contributed by atoms with E-state index in [4.69, 9.17) is 4.74 Å². The van der Waals surface area contributed by atoms with E-state index in [9.17, 15) is 9.59 Å². The molecular weight excluding hydrogens is 358 g/mol. The summed E-state index contributed by atoms with van der Waals surface area (Å²) in [6, 6.07) is 3.43. The van der Waals surface area contributed by atoms with Crippen LogP contribution in [-0.4, -0.2) is 51.7 Å². The second-order valence-corrected chi connectivity index (χ2v) is 7.30. The first-order chi connectivity index (χ1) is 13.6. The number of aromatic nitrogens is 3. The molecule has 1 saturated carbocycles. The van der Waals surface area contributed by atoms with Gasteiger partial charge in [0, 0.05) is 43.5 Å². The molecule has 0 saturated heterocycles. The van der Waals surface area contributed by atoms with Crippen molar-refractivity contribution in [3.8, 4) is 5.88 Å². The molecule has 8 nitrogen and oxygen atoms in total. The fraction of sp³-hybridized carbons (Fsp3) is 0.500. The van der Waals surface area contributed by atoms with E-state index in [2.05, 4.69) is 15.4 Å². The predicted octanol–water partition coefficient (Wildman–Crippen LogP) is 1.64. The molecule has 148 valence electrons. The van der Waals surface area contributed by atoms with Crippen LogP contribution in [0, 0.1) is 5.92 Å². The molecule has 0 bridgehead atoms. The zero-order valence-electron chi connectivity index (χ0n) is 16.3. The van der Waals surface area contributed by atoms with Crippen LogP contribution < -0.4 is 10.1 Å². The first kappa shape index (κ1) is 18.5. The minimum Gasteiger partial charge on any atom is -0.480 e. The molecule has 1 aliphatic carbocycles. The lowest BCUT2D eigenvalue weighted by atomic mass is 10.0. The number of rotatable bonds is 6. The lowest BCUT2D eigenvalue weighted by Gasteiger charge is -2.28. The van der Waals surface area contributed by atoms with Crippen LogP contribution in [-0.2, 0) is 19.5 Å². The second-order valence-electron chi connectivity index (χ2n) is 7.30. The van der Waals surface area contributed by atoms with E-state index in [0.717, 1.165) is 17.8 Å². The summed E-state index contributed by atoms with van der Waals surface area (Å²) in [4.78, 5) is 31.5. The molecule has 28 heavy (non-hydrogen) atoms. The second kappa shape index (κ2) is 7.61. The van der Waals surface area contributed by atoms with Gasteiger partial charge in [-0.2, -0.15) is 5.10 Å². The molecule has 0 unspecified atom stereocenters. The molecule has 2 aromatic rings.